The van der Waals surface area contributed by atoms with Crippen LogP contribution >= 0.6 is 11.3 Å². The molecule has 0 amide bonds. The monoisotopic (exact) mass is 381 g/mol. The van der Waals surface area contributed by atoms with Crippen LogP contribution in [0.25, 0.3) is 11.3 Å². The van der Waals surface area contributed by atoms with Gasteiger partial charge in [-0.3, -0.25) is 9.88 Å². The minimum Gasteiger partial charge on any atom is -0.493 e. The lowest BCUT2D eigenvalue weighted by atomic mass is 10.0. The Balaban J connectivity index is 1.73. The minimum absolute atomic E-state index is 0.649. The molecule has 0 N–H and O–H groups in total. The van der Waals surface area contributed by atoms with Gasteiger partial charge in [0.1, 0.15) is 6.61 Å². The summed E-state index contributed by atoms with van der Waals surface area (Å²) in [6.07, 6.45) is 1.80. The highest BCUT2D eigenvalue weighted by molar-refractivity contribution is 7.07. The molecule has 0 saturated carbocycles. The molecule has 6 heteroatoms. The normalized spacial score (nSPS) is 14.3. The molecule has 0 aliphatic carbocycles. The van der Waals surface area contributed by atoms with E-state index in [1.54, 1.807) is 24.6 Å². The number of ether oxygens (including phenoxy) is 2. The smallest absolute Gasteiger partial charge is 0.165 e. The van der Waals surface area contributed by atoms with Crippen LogP contribution in [0.1, 0.15) is 22.5 Å². The molecule has 0 saturated heterocycles. The molecular formula is C21H23N3O2S. The summed E-state index contributed by atoms with van der Waals surface area (Å²) in [5.41, 5.74) is 6.18. The second kappa shape index (κ2) is 7.66. The summed E-state index contributed by atoms with van der Waals surface area (Å²) in [7, 11) is 1.69. The van der Waals surface area contributed by atoms with Crippen molar-refractivity contribution in [2.45, 2.75) is 26.9 Å². The van der Waals surface area contributed by atoms with Crippen LogP contribution in [0.2, 0.25) is 0 Å². The average Bonchev–Trinajstić information content (AvgIpc) is 3.08. The number of benzene rings is 1. The molecular weight excluding hydrogens is 358 g/mol. The first-order chi connectivity index (χ1) is 13.1. The predicted molar refractivity (Wildman–Crippen MR) is 107 cm³/mol. The van der Waals surface area contributed by atoms with Gasteiger partial charge in [-0.05, 0) is 48.4 Å². The van der Waals surface area contributed by atoms with Crippen molar-refractivity contribution < 1.29 is 9.47 Å². The Labute approximate surface area is 163 Å². The van der Waals surface area contributed by atoms with Crippen LogP contribution in [0.4, 0.5) is 0 Å². The fraction of sp³-hybridized carbons (Fsp3) is 0.333. The highest BCUT2D eigenvalue weighted by atomic mass is 32.1. The zero-order valence-electron chi connectivity index (χ0n) is 15.9. The Morgan fingerprint density at radius 1 is 1.30 bits per heavy atom. The molecule has 0 fully saturated rings. The molecule has 1 aliphatic heterocycles. The van der Waals surface area contributed by atoms with Crippen molar-refractivity contribution in [3.63, 3.8) is 0 Å². The van der Waals surface area contributed by atoms with E-state index in [9.17, 15) is 0 Å². The minimum atomic E-state index is 0.649. The van der Waals surface area contributed by atoms with Gasteiger partial charge in [0.15, 0.2) is 11.5 Å². The second-order valence-electron chi connectivity index (χ2n) is 6.80. The van der Waals surface area contributed by atoms with Gasteiger partial charge in [0, 0.05) is 37.0 Å². The largest absolute Gasteiger partial charge is 0.493 e. The number of aromatic nitrogens is 2. The van der Waals surface area contributed by atoms with E-state index in [1.807, 2.05) is 19.9 Å². The first-order valence-corrected chi connectivity index (χ1v) is 9.96. The zero-order valence-corrected chi connectivity index (χ0v) is 16.7. The number of methoxy groups -OCH3 is 1. The third kappa shape index (κ3) is 3.82. The summed E-state index contributed by atoms with van der Waals surface area (Å²) in [6.45, 7) is 7.21. The fourth-order valence-electron chi connectivity index (χ4n) is 3.41. The maximum Gasteiger partial charge on any atom is 0.165 e. The summed E-state index contributed by atoms with van der Waals surface area (Å²) < 4.78 is 11.7. The van der Waals surface area contributed by atoms with Crippen LogP contribution in [0.5, 0.6) is 11.5 Å². The molecule has 4 rings (SSSR count). The topological polar surface area (TPSA) is 47.5 Å². The van der Waals surface area contributed by atoms with Crippen molar-refractivity contribution in [3.05, 3.63) is 57.7 Å². The number of thiophene rings is 1. The van der Waals surface area contributed by atoms with Crippen LogP contribution in [0, 0.1) is 13.8 Å². The molecule has 3 aromatic rings. The molecule has 140 valence electrons. The molecule has 3 heterocycles. The number of hydrogen-bond donors (Lipinski definition) is 0. The molecule has 0 atom stereocenters. The van der Waals surface area contributed by atoms with Crippen molar-refractivity contribution >= 4 is 11.3 Å². The maximum absolute atomic E-state index is 6.06. The lowest BCUT2D eigenvalue weighted by Gasteiger charge is -2.19. The van der Waals surface area contributed by atoms with Crippen LogP contribution in [-0.4, -0.2) is 35.1 Å². The quantitative estimate of drug-likeness (QED) is 0.677. The molecule has 0 radical (unpaired) electrons. The Bertz CT molecular complexity index is 941. The van der Waals surface area contributed by atoms with Crippen LogP contribution in [0.3, 0.4) is 0 Å². The van der Waals surface area contributed by atoms with Gasteiger partial charge in [0.2, 0.25) is 0 Å². The second-order valence-corrected chi connectivity index (χ2v) is 7.58. The van der Waals surface area contributed by atoms with Crippen LogP contribution < -0.4 is 9.47 Å². The number of hydrogen-bond acceptors (Lipinski definition) is 6. The third-order valence-corrected chi connectivity index (χ3v) is 5.47. The lowest BCUT2D eigenvalue weighted by molar-refractivity contribution is 0.217. The van der Waals surface area contributed by atoms with Gasteiger partial charge in [0.25, 0.3) is 0 Å². The van der Waals surface area contributed by atoms with Gasteiger partial charge in [-0.15, -0.1) is 0 Å². The highest BCUT2D eigenvalue weighted by Gasteiger charge is 2.21. The van der Waals surface area contributed by atoms with Gasteiger partial charge in [-0.2, -0.15) is 11.3 Å². The van der Waals surface area contributed by atoms with Crippen LogP contribution in [-0.2, 0) is 13.1 Å². The molecule has 5 nitrogen and oxygen atoms in total. The Hall–Kier alpha value is -2.44. The SMILES string of the molecule is COc1cc(-c2nc(C)cnc2C)cc2c1OCCN(Cc1ccsc1)C2. The van der Waals surface area contributed by atoms with Crippen LogP contribution in [0.15, 0.2) is 35.2 Å². The first kappa shape index (κ1) is 17.9. The van der Waals surface area contributed by atoms with E-state index in [0.29, 0.717) is 6.61 Å². The van der Waals surface area contributed by atoms with Gasteiger partial charge < -0.3 is 9.47 Å². The number of aryl methyl sites for hydroxylation is 2. The van der Waals surface area contributed by atoms with Gasteiger partial charge in [-0.1, -0.05) is 0 Å². The molecule has 27 heavy (non-hydrogen) atoms. The van der Waals surface area contributed by atoms with Gasteiger partial charge >= 0.3 is 0 Å². The summed E-state index contributed by atoms with van der Waals surface area (Å²) in [5.74, 6) is 1.59. The van der Waals surface area contributed by atoms with E-state index < -0.39 is 0 Å². The number of fused-ring (bicyclic) bond motifs is 1. The van der Waals surface area contributed by atoms with E-state index in [1.165, 1.54) is 5.56 Å². The van der Waals surface area contributed by atoms with E-state index >= 15 is 0 Å². The molecule has 2 aromatic heterocycles. The molecule has 1 aliphatic rings. The van der Waals surface area contributed by atoms with Gasteiger partial charge in [0.05, 0.1) is 24.2 Å². The highest BCUT2D eigenvalue weighted by Crippen LogP contribution is 2.38. The average molecular weight is 382 g/mol. The standard InChI is InChI=1S/C21H23N3O2S/c1-14-10-22-15(2)20(23-14)17-8-18-12-24(11-16-4-7-27-13-16)5-6-26-21(18)19(9-17)25-3/h4,7-10,13H,5-6,11-12H2,1-3H3. The number of rotatable bonds is 4. The van der Waals surface area contributed by atoms with Crippen molar-refractivity contribution in [1.82, 2.24) is 14.9 Å². The van der Waals surface area contributed by atoms with Crippen molar-refractivity contribution in [2.24, 2.45) is 0 Å². The van der Waals surface area contributed by atoms with E-state index in [2.05, 4.69) is 32.8 Å². The molecule has 0 bridgehead atoms. The maximum atomic E-state index is 6.06. The van der Waals surface area contributed by atoms with Crippen molar-refractivity contribution in [2.75, 3.05) is 20.3 Å². The van der Waals surface area contributed by atoms with Crippen molar-refractivity contribution in [1.29, 1.82) is 0 Å². The first-order valence-electron chi connectivity index (χ1n) is 9.02. The van der Waals surface area contributed by atoms with E-state index in [-0.39, 0.29) is 0 Å². The van der Waals surface area contributed by atoms with Gasteiger partial charge in [-0.25, -0.2) is 4.98 Å². The fourth-order valence-corrected chi connectivity index (χ4v) is 4.07. The number of nitrogens with zero attached hydrogens (tertiary/aromatic N) is 3. The van der Waals surface area contributed by atoms with Crippen molar-refractivity contribution in [3.8, 4) is 22.8 Å². The molecule has 1 aromatic carbocycles. The molecule has 0 unspecified atom stereocenters. The summed E-state index contributed by atoms with van der Waals surface area (Å²) in [6, 6.07) is 6.35. The zero-order chi connectivity index (χ0) is 18.8. The summed E-state index contributed by atoms with van der Waals surface area (Å²) in [5, 5.41) is 4.33. The molecule has 0 spiro atoms. The Kier molecular flexibility index (Phi) is 5.09. The third-order valence-electron chi connectivity index (χ3n) is 4.74. The Morgan fingerprint density at radius 3 is 2.96 bits per heavy atom. The van der Waals surface area contributed by atoms with E-state index in [4.69, 9.17) is 14.5 Å². The van der Waals surface area contributed by atoms with E-state index in [0.717, 1.165) is 59.3 Å². The lowest BCUT2D eigenvalue weighted by Crippen LogP contribution is -2.24. The summed E-state index contributed by atoms with van der Waals surface area (Å²) in [4.78, 5) is 11.6. The Morgan fingerprint density at radius 2 is 2.19 bits per heavy atom. The predicted octanol–water partition coefficient (Wildman–Crippen LogP) is 4.23. The summed E-state index contributed by atoms with van der Waals surface area (Å²) >= 11 is 1.73.